The highest BCUT2D eigenvalue weighted by Gasteiger charge is 2.21. The molecule has 0 spiro atoms. The summed E-state index contributed by atoms with van der Waals surface area (Å²) in [4.78, 5) is 28.4. The fourth-order valence-corrected chi connectivity index (χ4v) is 5.98. The van der Waals surface area contributed by atoms with Crippen molar-refractivity contribution < 1.29 is 29.3 Å². The number of carbonyl (C=O) groups is 2. The Morgan fingerprint density at radius 3 is 1.44 bits per heavy atom. The second-order valence-corrected chi connectivity index (χ2v) is 11.2. The van der Waals surface area contributed by atoms with Gasteiger partial charge in [0, 0.05) is 45.4 Å². The molecular weight excluding hydrogens is 540 g/mol. The minimum atomic E-state index is -0.842. The number of hydrogen-bond acceptors (Lipinski definition) is 7. The molecule has 0 atom stereocenters. The van der Waals surface area contributed by atoms with Crippen molar-refractivity contribution in [2.45, 2.75) is 35.7 Å². The average molecular weight is 569 g/mol. The molecule has 8 nitrogen and oxygen atoms in total. The minimum absolute atomic E-state index is 0.00867. The van der Waals surface area contributed by atoms with Gasteiger partial charge in [-0.25, -0.2) is 0 Å². The van der Waals surface area contributed by atoms with Crippen LogP contribution in [0.4, 0.5) is 11.4 Å². The van der Waals surface area contributed by atoms with Gasteiger partial charge in [0.1, 0.15) is 11.5 Å². The van der Waals surface area contributed by atoms with Crippen LogP contribution in [-0.2, 0) is 35.5 Å². The van der Waals surface area contributed by atoms with E-state index in [1.54, 1.807) is 11.8 Å². The van der Waals surface area contributed by atoms with Crippen LogP contribution < -0.4 is 19.3 Å². The summed E-state index contributed by atoms with van der Waals surface area (Å²) in [5, 5.41) is 18.0. The van der Waals surface area contributed by atoms with E-state index in [-0.39, 0.29) is 12.8 Å². The molecule has 2 aliphatic rings. The summed E-state index contributed by atoms with van der Waals surface area (Å²) in [6, 6.07) is 27.6. The first kappa shape index (κ1) is 26.6. The summed E-state index contributed by atoms with van der Waals surface area (Å²) >= 11 is 1.68. The molecule has 0 amide bonds. The normalized spacial score (nSPS) is 14.0. The number of hydrogen-bond donors (Lipinski definition) is 2. The van der Waals surface area contributed by atoms with Gasteiger partial charge in [0.05, 0.1) is 12.8 Å². The Labute approximate surface area is 241 Å². The van der Waals surface area contributed by atoms with E-state index in [9.17, 15) is 9.59 Å². The van der Waals surface area contributed by atoms with Crippen LogP contribution in [0.25, 0.3) is 0 Å². The van der Waals surface area contributed by atoms with Crippen LogP contribution in [0.2, 0.25) is 0 Å². The number of carboxylic acid groups (broad SMARTS) is 2. The van der Waals surface area contributed by atoms with E-state index in [1.165, 1.54) is 0 Å². The molecule has 0 aliphatic carbocycles. The standard InChI is InChI=1S/C32H28N2O6S/c35-31(36)13-21-1-5-25(6-2-21)33-17-23-15-27(9-11-29(23)39-19-33)41-28-10-12-30-24(16-28)18-34(20-40-30)26-7-3-22(4-8-26)14-32(37)38/h1-12,15-16H,13-14,17-20H2,(H,35,36)(H,37,38). The Balaban J connectivity index is 1.13. The minimum Gasteiger partial charge on any atom is -0.481 e. The van der Waals surface area contributed by atoms with Crippen molar-refractivity contribution in [2.75, 3.05) is 23.3 Å². The lowest BCUT2D eigenvalue weighted by molar-refractivity contribution is -0.137. The Hall–Kier alpha value is -4.63. The van der Waals surface area contributed by atoms with Crippen LogP contribution in [0.1, 0.15) is 22.3 Å². The van der Waals surface area contributed by atoms with E-state index in [0.29, 0.717) is 26.6 Å². The van der Waals surface area contributed by atoms with Gasteiger partial charge >= 0.3 is 11.9 Å². The van der Waals surface area contributed by atoms with Crippen molar-refractivity contribution in [1.82, 2.24) is 0 Å². The molecule has 0 saturated carbocycles. The highest BCUT2D eigenvalue weighted by Crippen LogP contribution is 2.37. The molecule has 0 bridgehead atoms. The molecule has 2 aliphatic heterocycles. The Morgan fingerprint density at radius 1 is 0.634 bits per heavy atom. The van der Waals surface area contributed by atoms with Gasteiger partial charge < -0.3 is 29.5 Å². The fourth-order valence-electron chi connectivity index (χ4n) is 5.03. The maximum absolute atomic E-state index is 11.0. The van der Waals surface area contributed by atoms with E-state index in [4.69, 9.17) is 19.7 Å². The lowest BCUT2D eigenvalue weighted by Gasteiger charge is -2.31. The molecule has 4 aromatic carbocycles. The van der Waals surface area contributed by atoms with E-state index >= 15 is 0 Å². The van der Waals surface area contributed by atoms with E-state index in [2.05, 4.69) is 34.1 Å². The number of anilines is 2. The highest BCUT2D eigenvalue weighted by molar-refractivity contribution is 7.99. The van der Waals surface area contributed by atoms with Crippen LogP contribution in [0.3, 0.4) is 0 Å². The number of carboxylic acids is 2. The van der Waals surface area contributed by atoms with E-state index in [0.717, 1.165) is 54.9 Å². The first-order valence-electron chi connectivity index (χ1n) is 13.2. The zero-order valence-corrected chi connectivity index (χ0v) is 23.0. The van der Waals surface area contributed by atoms with Crippen molar-refractivity contribution in [3.05, 3.63) is 107 Å². The molecule has 2 N–H and O–H groups in total. The SMILES string of the molecule is O=C(O)Cc1ccc(N2COc3ccc(Sc4ccc5c(c4)CN(c4ccc(CC(=O)O)cc4)CO5)cc3C2)cc1. The van der Waals surface area contributed by atoms with Gasteiger partial charge in [-0.15, -0.1) is 0 Å². The van der Waals surface area contributed by atoms with E-state index < -0.39 is 11.9 Å². The predicted octanol–water partition coefficient (Wildman–Crippen LogP) is 5.81. The van der Waals surface area contributed by atoms with Crippen molar-refractivity contribution >= 4 is 35.1 Å². The summed E-state index contributed by atoms with van der Waals surface area (Å²) in [6.45, 7) is 2.25. The van der Waals surface area contributed by atoms with E-state index in [1.807, 2.05) is 60.7 Å². The third kappa shape index (κ3) is 6.25. The predicted molar refractivity (Wildman–Crippen MR) is 156 cm³/mol. The summed E-state index contributed by atoms with van der Waals surface area (Å²) in [7, 11) is 0. The third-order valence-corrected chi connectivity index (χ3v) is 8.07. The first-order chi connectivity index (χ1) is 19.9. The van der Waals surface area contributed by atoms with Crippen molar-refractivity contribution in [1.29, 1.82) is 0 Å². The van der Waals surface area contributed by atoms with Gasteiger partial charge in [-0.2, -0.15) is 0 Å². The second kappa shape index (κ2) is 11.5. The molecule has 41 heavy (non-hydrogen) atoms. The molecule has 6 rings (SSSR count). The topological polar surface area (TPSA) is 99.5 Å². The average Bonchev–Trinajstić information content (AvgIpc) is 2.97. The Bertz CT molecular complexity index is 1470. The second-order valence-electron chi connectivity index (χ2n) is 10.1. The molecule has 0 aromatic heterocycles. The number of rotatable bonds is 8. The number of fused-ring (bicyclic) bond motifs is 2. The van der Waals surface area contributed by atoms with Crippen LogP contribution >= 0.6 is 11.8 Å². The summed E-state index contributed by atoms with van der Waals surface area (Å²) in [5.41, 5.74) is 5.69. The third-order valence-electron chi connectivity index (χ3n) is 7.09. The molecule has 0 saturated heterocycles. The number of aliphatic carboxylic acids is 2. The van der Waals surface area contributed by atoms with Gasteiger partial charge in [-0.1, -0.05) is 36.0 Å². The number of nitrogens with zero attached hydrogens (tertiary/aromatic N) is 2. The lowest BCUT2D eigenvalue weighted by atomic mass is 10.1. The summed E-state index contributed by atoms with van der Waals surface area (Å²) in [5.74, 6) is 0.0611. The quantitative estimate of drug-likeness (QED) is 0.273. The van der Waals surface area contributed by atoms with Crippen LogP contribution in [0.5, 0.6) is 11.5 Å². The van der Waals surface area contributed by atoms with Crippen molar-refractivity contribution in [3.8, 4) is 11.5 Å². The van der Waals surface area contributed by atoms with Gasteiger partial charge in [0.2, 0.25) is 0 Å². The first-order valence-corrected chi connectivity index (χ1v) is 14.0. The molecule has 4 aromatic rings. The van der Waals surface area contributed by atoms with Crippen molar-refractivity contribution in [2.24, 2.45) is 0 Å². The molecule has 0 radical (unpaired) electrons. The van der Waals surface area contributed by atoms with Crippen LogP contribution in [0, 0.1) is 0 Å². The smallest absolute Gasteiger partial charge is 0.307 e. The zero-order valence-electron chi connectivity index (χ0n) is 22.2. The zero-order chi connectivity index (χ0) is 28.3. The van der Waals surface area contributed by atoms with Crippen LogP contribution in [-0.4, -0.2) is 35.6 Å². The van der Waals surface area contributed by atoms with Gasteiger partial charge in [0.15, 0.2) is 13.5 Å². The lowest BCUT2D eigenvalue weighted by Crippen LogP contribution is -2.31. The molecule has 0 fully saturated rings. The number of benzene rings is 4. The maximum Gasteiger partial charge on any atom is 0.307 e. The summed E-state index contributed by atoms with van der Waals surface area (Å²) in [6.07, 6.45) is 0.0173. The maximum atomic E-state index is 11.0. The number of ether oxygens (including phenoxy) is 2. The molecule has 9 heteroatoms. The van der Waals surface area contributed by atoms with Crippen LogP contribution in [0.15, 0.2) is 94.7 Å². The molecule has 2 heterocycles. The largest absolute Gasteiger partial charge is 0.481 e. The Kier molecular flexibility index (Phi) is 7.43. The molecule has 208 valence electrons. The monoisotopic (exact) mass is 568 g/mol. The van der Waals surface area contributed by atoms with Gasteiger partial charge in [0.25, 0.3) is 0 Å². The molecule has 0 unspecified atom stereocenters. The van der Waals surface area contributed by atoms with Crippen molar-refractivity contribution in [3.63, 3.8) is 0 Å². The highest BCUT2D eigenvalue weighted by atomic mass is 32.2. The van der Waals surface area contributed by atoms with Gasteiger partial charge in [-0.05, 0) is 71.8 Å². The molecular formula is C32H28N2O6S. The van der Waals surface area contributed by atoms with Gasteiger partial charge in [-0.3, -0.25) is 9.59 Å². The fraction of sp³-hybridized carbons (Fsp3) is 0.188. The Morgan fingerprint density at radius 2 is 1.05 bits per heavy atom. The summed E-state index contributed by atoms with van der Waals surface area (Å²) < 4.78 is 12.0.